The number of hydrogen-bond acceptors (Lipinski definition) is 4. The molecule has 3 aliphatic rings. The number of nitrogens with zero attached hydrogens (tertiary/aromatic N) is 1. The third kappa shape index (κ3) is 4.01. The normalized spacial score (nSPS) is 22.6. The lowest BCUT2D eigenvalue weighted by Crippen LogP contribution is -2.60. The van der Waals surface area contributed by atoms with Crippen molar-refractivity contribution in [3.63, 3.8) is 0 Å². The van der Waals surface area contributed by atoms with E-state index in [9.17, 15) is 9.59 Å². The number of ether oxygens (including phenoxy) is 2. The second-order valence-corrected chi connectivity index (χ2v) is 10.1. The molecule has 3 aromatic rings. The number of carbonyl (C=O) groups is 2. The third-order valence-electron chi connectivity index (χ3n) is 8.08. The molecule has 0 saturated carbocycles. The summed E-state index contributed by atoms with van der Waals surface area (Å²) in [6.45, 7) is 3.30. The van der Waals surface area contributed by atoms with Crippen molar-refractivity contribution in [2.24, 2.45) is 5.92 Å². The van der Waals surface area contributed by atoms with Crippen LogP contribution in [0.15, 0.2) is 72.8 Å². The van der Waals surface area contributed by atoms with Crippen LogP contribution in [-0.4, -0.2) is 48.7 Å². The molecule has 2 unspecified atom stereocenters. The first-order valence-corrected chi connectivity index (χ1v) is 13.0. The van der Waals surface area contributed by atoms with Gasteiger partial charge in [0.1, 0.15) is 6.61 Å². The van der Waals surface area contributed by atoms with E-state index in [0.29, 0.717) is 32.7 Å². The van der Waals surface area contributed by atoms with Crippen LogP contribution in [0.5, 0.6) is 0 Å². The van der Waals surface area contributed by atoms with Gasteiger partial charge in [0.15, 0.2) is 5.78 Å². The molecule has 3 aromatic carbocycles. The average Bonchev–Trinajstić information content (AvgIpc) is 3.24. The molecule has 2 saturated heterocycles. The summed E-state index contributed by atoms with van der Waals surface area (Å²) in [7, 11) is 0. The Morgan fingerprint density at radius 2 is 1.44 bits per heavy atom. The van der Waals surface area contributed by atoms with E-state index in [4.69, 9.17) is 9.47 Å². The van der Waals surface area contributed by atoms with Crippen LogP contribution in [0.1, 0.15) is 52.7 Å². The minimum absolute atomic E-state index is 0.0302. The van der Waals surface area contributed by atoms with Gasteiger partial charge >= 0.3 is 6.09 Å². The Labute approximate surface area is 212 Å². The van der Waals surface area contributed by atoms with E-state index in [1.165, 1.54) is 27.8 Å². The maximum absolute atomic E-state index is 13.4. The van der Waals surface area contributed by atoms with E-state index in [-0.39, 0.29) is 35.8 Å². The Balaban J connectivity index is 1.15. The Bertz CT molecular complexity index is 1220. The van der Waals surface area contributed by atoms with Gasteiger partial charge in [-0.05, 0) is 47.1 Å². The fourth-order valence-electron chi connectivity index (χ4n) is 6.24. The maximum Gasteiger partial charge on any atom is 0.410 e. The van der Waals surface area contributed by atoms with Crippen LogP contribution in [-0.2, 0) is 15.9 Å². The van der Waals surface area contributed by atoms with Crippen molar-refractivity contribution < 1.29 is 19.1 Å². The van der Waals surface area contributed by atoms with Crippen LogP contribution in [0, 0.1) is 5.92 Å². The van der Waals surface area contributed by atoms with Crippen LogP contribution in [0.2, 0.25) is 0 Å². The summed E-state index contributed by atoms with van der Waals surface area (Å²) >= 11 is 0. The molecule has 0 radical (unpaired) electrons. The molecule has 2 atom stereocenters. The molecule has 0 aromatic heterocycles. The number of aryl methyl sites for hydroxylation is 1. The molecule has 36 heavy (non-hydrogen) atoms. The lowest BCUT2D eigenvalue weighted by atomic mass is 9.80. The molecule has 2 heterocycles. The predicted molar refractivity (Wildman–Crippen MR) is 138 cm³/mol. The standard InChI is InChI=1S/C31H31NO4/c1-2-20-11-13-21(14-12-20)30(33)22-15-23-17-35-18-24(16-22)32(23)31(34)36-19-29-27-9-5-3-7-25(27)26-8-4-6-10-28(26)29/h3-14,22-24,29H,2,15-19H2,1H3. The number of carbonyl (C=O) groups excluding carboxylic acids is 2. The highest BCUT2D eigenvalue weighted by Gasteiger charge is 2.45. The van der Waals surface area contributed by atoms with Gasteiger partial charge in [0, 0.05) is 17.4 Å². The van der Waals surface area contributed by atoms with E-state index in [1.807, 2.05) is 41.3 Å². The van der Waals surface area contributed by atoms with Crippen LogP contribution >= 0.6 is 0 Å². The molecule has 1 amide bonds. The van der Waals surface area contributed by atoms with Gasteiger partial charge in [-0.2, -0.15) is 0 Å². The summed E-state index contributed by atoms with van der Waals surface area (Å²) in [5.74, 6) is 0.0957. The largest absolute Gasteiger partial charge is 0.448 e. The number of rotatable bonds is 5. The van der Waals surface area contributed by atoms with Gasteiger partial charge < -0.3 is 9.47 Å². The summed E-state index contributed by atoms with van der Waals surface area (Å²) in [6.07, 6.45) is 1.87. The van der Waals surface area contributed by atoms with Crippen molar-refractivity contribution >= 4 is 11.9 Å². The Morgan fingerprint density at radius 1 is 0.861 bits per heavy atom. The average molecular weight is 482 g/mol. The summed E-state index contributed by atoms with van der Waals surface area (Å²) in [6, 6.07) is 24.4. The van der Waals surface area contributed by atoms with Crippen LogP contribution in [0.3, 0.4) is 0 Å². The fraction of sp³-hybridized carbons (Fsp3) is 0.355. The number of ketones is 1. The number of amides is 1. The molecule has 2 bridgehead atoms. The summed E-state index contributed by atoms with van der Waals surface area (Å²) in [5.41, 5.74) is 6.81. The zero-order valence-electron chi connectivity index (χ0n) is 20.6. The number of benzene rings is 3. The van der Waals surface area contributed by atoms with Crippen molar-refractivity contribution in [1.82, 2.24) is 4.90 Å². The fourth-order valence-corrected chi connectivity index (χ4v) is 6.24. The van der Waals surface area contributed by atoms with Gasteiger partial charge in [-0.15, -0.1) is 0 Å². The Kier molecular flexibility index (Phi) is 6.10. The van der Waals surface area contributed by atoms with E-state index in [2.05, 4.69) is 43.3 Å². The van der Waals surface area contributed by atoms with E-state index in [1.54, 1.807) is 0 Å². The topological polar surface area (TPSA) is 55.8 Å². The summed E-state index contributed by atoms with van der Waals surface area (Å²) < 4.78 is 11.8. The SMILES string of the molecule is CCc1ccc(C(=O)C2CC3COCC(C2)N3C(=O)OCC2c3ccccc3-c3ccccc32)cc1. The minimum atomic E-state index is -0.298. The van der Waals surface area contributed by atoms with Crippen molar-refractivity contribution in [3.05, 3.63) is 95.1 Å². The number of fused-ring (bicyclic) bond motifs is 5. The van der Waals surface area contributed by atoms with E-state index >= 15 is 0 Å². The van der Waals surface area contributed by atoms with Crippen LogP contribution in [0.25, 0.3) is 11.1 Å². The Morgan fingerprint density at radius 3 is 2.03 bits per heavy atom. The lowest BCUT2D eigenvalue weighted by Gasteiger charge is -2.47. The number of piperidine rings is 1. The highest BCUT2D eigenvalue weighted by Crippen LogP contribution is 2.44. The third-order valence-corrected chi connectivity index (χ3v) is 8.08. The number of Topliss-reactive ketones (excluding diaryl/α,β-unsaturated/α-hetero) is 1. The van der Waals surface area contributed by atoms with Gasteiger partial charge in [0.2, 0.25) is 0 Å². The van der Waals surface area contributed by atoms with E-state index in [0.717, 1.165) is 12.0 Å². The van der Waals surface area contributed by atoms with Crippen molar-refractivity contribution in [2.45, 2.75) is 44.2 Å². The van der Waals surface area contributed by atoms with Gasteiger partial charge in [0.05, 0.1) is 25.3 Å². The van der Waals surface area contributed by atoms with Gasteiger partial charge in [-0.1, -0.05) is 79.7 Å². The molecule has 1 aliphatic carbocycles. The zero-order chi connectivity index (χ0) is 24.6. The van der Waals surface area contributed by atoms with Crippen LogP contribution < -0.4 is 0 Å². The van der Waals surface area contributed by atoms with Crippen LogP contribution in [0.4, 0.5) is 4.79 Å². The predicted octanol–water partition coefficient (Wildman–Crippen LogP) is 5.86. The molecule has 184 valence electrons. The molecular formula is C31H31NO4. The van der Waals surface area contributed by atoms with Crippen molar-refractivity contribution in [1.29, 1.82) is 0 Å². The number of morpholine rings is 1. The molecule has 0 N–H and O–H groups in total. The first-order valence-electron chi connectivity index (χ1n) is 13.0. The van der Waals surface area contributed by atoms with Gasteiger partial charge in [-0.3, -0.25) is 9.69 Å². The molecule has 2 aliphatic heterocycles. The molecule has 5 heteroatoms. The first-order chi connectivity index (χ1) is 17.6. The second kappa shape index (κ2) is 9.55. The summed E-state index contributed by atoms with van der Waals surface area (Å²) in [5, 5.41) is 0. The molecule has 5 nitrogen and oxygen atoms in total. The lowest BCUT2D eigenvalue weighted by molar-refractivity contribution is -0.0747. The molecule has 6 rings (SSSR count). The number of hydrogen-bond donors (Lipinski definition) is 0. The Hall–Kier alpha value is -3.44. The maximum atomic E-state index is 13.4. The monoisotopic (exact) mass is 481 g/mol. The second-order valence-electron chi connectivity index (χ2n) is 10.1. The van der Waals surface area contributed by atoms with Gasteiger partial charge in [-0.25, -0.2) is 4.79 Å². The highest BCUT2D eigenvalue weighted by atomic mass is 16.6. The molecule has 2 fully saturated rings. The molecular weight excluding hydrogens is 450 g/mol. The quantitative estimate of drug-likeness (QED) is 0.428. The van der Waals surface area contributed by atoms with Crippen molar-refractivity contribution in [2.75, 3.05) is 19.8 Å². The zero-order valence-corrected chi connectivity index (χ0v) is 20.6. The van der Waals surface area contributed by atoms with E-state index < -0.39 is 0 Å². The minimum Gasteiger partial charge on any atom is -0.448 e. The van der Waals surface area contributed by atoms with Gasteiger partial charge in [0.25, 0.3) is 0 Å². The summed E-state index contributed by atoms with van der Waals surface area (Å²) in [4.78, 5) is 28.5. The first kappa shape index (κ1) is 23.0. The smallest absolute Gasteiger partial charge is 0.410 e. The highest BCUT2D eigenvalue weighted by molar-refractivity contribution is 5.98. The van der Waals surface area contributed by atoms with Crippen molar-refractivity contribution in [3.8, 4) is 11.1 Å². The molecule has 0 spiro atoms.